The van der Waals surface area contributed by atoms with E-state index in [1.165, 1.54) is 24.0 Å². The maximum absolute atomic E-state index is 7.01. The molecule has 2 heterocycles. The zero-order valence-corrected chi connectivity index (χ0v) is 15.1. The monoisotopic (exact) mass is 330 g/mol. The molecule has 0 aromatic heterocycles. The Morgan fingerprint density at radius 3 is 2.24 bits per heavy atom. The van der Waals surface area contributed by atoms with Crippen molar-refractivity contribution >= 4 is 15.0 Å². The molecule has 0 saturated carbocycles. The van der Waals surface area contributed by atoms with Crippen LogP contribution in [0.5, 0.6) is 0 Å². The van der Waals surface area contributed by atoms with Gasteiger partial charge in [0.15, 0.2) is 5.60 Å². The van der Waals surface area contributed by atoms with Crippen LogP contribution in [0.3, 0.4) is 0 Å². The quantitative estimate of drug-likeness (QED) is 0.743. The largest absolute Gasteiger partial charge is 0.553 e. The summed E-state index contributed by atoms with van der Waals surface area (Å²) in [6.45, 7) is 3.25. The average Bonchev–Trinajstić information content (AvgIpc) is 3.16. The van der Waals surface area contributed by atoms with E-state index in [2.05, 4.69) is 67.6 Å². The molecule has 126 valence electrons. The van der Waals surface area contributed by atoms with Gasteiger partial charge in [-0.15, -0.1) is 0 Å². The summed E-state index contributed by atoms with van der Waals surface area (Å²) >= 11 is 0. The molecule has 4 heteroatoms. The van der Waals surface area contributed by atoms with Crippen LogP contribution < -0.4 is 0 Å². The maximum atomic E-state index is 7.01. The van der Waals surface area contributed by atoms with E-state index >= 15 is 0 Å². The van der Waals surface area contributed by atoms with Crippen LogP contribution in [0.2, 0.25) is 6.32 Å². The van der Waals surface area contributed by atoms with Crippen LogP contribution in [0.4, 0.5) is 0 Å². The molecule has 2 fully saturated rings. The third-order valence-corrected chi connectivity index (χ3v) is 6.14. The highest BCUT2D eigenvalue weighted by molar-refractivity contribution is 6.49. The summed E-state index contributed by atoms with van der Waals surface area (Å²) in [5.41, 5.74) is 2.03. The minimum atomic E-state index is -0.438. The molecule has 2 radical (unpaired) electrons. The standard InChI is InChI=1S/C21H26B2NO/c1-2-3-16-23-24(22)17-10-15-20(24)21(25-23,18-11-6-4-7-12-18)19-13-8-5-9-14-19/h4-9,11-14,20H,2-3,10,15-17H2,1H3/q+1/t20-,24-/m1/s1. The first-order valence-corrected chi connectivity index (χ1v) is 9.66. The van der Waals surface area contributed by atoms with Crippen LogP contribution in [-0.2, 0) is 10.3 Å². The van der Waals surface area contributed by atoms with Gasteiger partial charge in [-0.3, -0.25) is 0 Å². The Kier molecular flexibility index (Phi) is 4.51. The molecule has 2 aliphatic heterocycles. The van der Waals surface area contributed by atoms with Crippen molar-refractivity contribution in [2.45, 2.75) is 50.6 Å². The smallest absolute Gasteiger partial charge is 0.437 e. The summed E-state index contributed by atoms with van der Waals surface area (Å²) in [4.78, 5) is 0. The van der Waals surface area contributed by atoms with Crippen LogP contribution in [0.15, 0.2) is 60.7 Å². The van der Waals surface area contributed by atoms with Gasteiger partial charge in [0.05, 0.1) is 6.04 Å². The summed E-state index contributed by atoms with van der Waals surface area (Å²) in [6, 6.07) is 21.7. The number of hydrogen-bond donors (Lipinski definition) is 0. The summed E-state index contributed by atoms with van der Waals surface area (Å²) in [5, 5.41) is 0. The highest BCUT2D eigenvalue weighted by Gasteiger charge is 2.67. The normalized spacial score (nSPS) is 27.4. The van der Waals surface area contributed by atoms with Gasteiger partial charge in [-0.05, 0) is 17.5 Å². The minimum absolute atomic E-state index is 0.0767. The fraction of sp³-hybridized carbons (Fsp3) is 0.429. The van der Waals surface area contributed by atoms with Crippen molar-refractivity contribution in [3.05, 3.63) is 71.8 Å². The third kappa shape index (κ3) is 2.58. The molecule has 2 aromatic carbocycles. The Morgan fingerprint density at radius 2 is 1.68 bits per heavy atom. The van der Waals surface area contributed by atoms with Gasteiger partial charge in [0.25, 0.3) is 0 Å². The molecule has 2 atom stereocenters. The summed E-state index contributed by atoms with van der Waals surface area (Å²) in [6.07, 6.45) is 5.66. The predicted octanol–water partition coefficient (Wildman–Crippen LogP) is 4.31. The van der Waals surface area contributed by atoms with E-state index in [9.17, 15) is 0 Å². The zero-order valence-electron chi connectivity index (χ0n) is 15.1. The third-order valence-electron chi connectivity index (χ3n) is 6.14. The van der Waals surface area contributed by atoms with Crippen LogP contribution in [0.25, 0.3) is 0 Å². The maximum Gasteiger partial charge on any atom is 0.553 e. The fourth-order valence-electron chi connectivity index (χ4n) is 4.97. The number of quaternary nitrogens is 1. The van der Waals surface area contributed by atoms with Crippen molar-refractivity contribution in [1.82, 2.24) is 0 Å². The number of unbranched alkanes of at least 4 members (excludes halogenated alkanes) is 1. The van der Waals surface area contributed by atoms with Gasteiger partial charge in [-0.1, -0.05) is 80.4 Å². The highest BCUT2D eigenvalue weighted by atomic mass is 16.5. The first-order chi connectivity index (χ1) is 12.2. The van der Waals surface area contributed by atoms with E-state index in [1.54, 1.807) is 0 Å². The molecular formula is C21H26B2NO+. The summed E-state index contributed by atoms with van der Waals surface area (Å²) in [7, 11) is 7.09. The highest BCUT2D eigenvalue weighted by Crippen LogP contribution is 2.52. The van der Waals surface area contributed by atoms with Gasteiger partial charge >= 0.3 is 15.0 Å². The Labute approximate surface area is 153 Å². The molecular weight excluding hydrogens is 304 g/mol. The molecule has 2 aliphatic rings. The van der Waals surface area contributed by atoms with E-state index in [0.29, 0.717) is 4.31 Å². The van der Waals surface area contributed by atoms with Crippen molar-refractivity contribution in [2.75, 3.05) is 6.54 Å². The topological polar surface area (TPSA) is 9.23 Å². The lowest BCUT2D eigenvalue weighted by molar-refractivity contribution is -0.717. The van der Waals surface area contributed by atoms with Crippen molar-refractivity contribution in [2.24, 2.45) is 0 Å². The van der Waals surface area contributed by atoms with Crippen LogP contribution in [-0.4, -0.2) is 31.9 Å². The Morgan fingerprint density at radius 1 is 1.08 bits per heavy atom. The average molecular weight is 330 g/mol. The van der Waals surface area contributed by atoms with E-state index in [0.717, 1.165) is 25.7 Å². The molecule has 0 bridgehead atoms. The summed E-state index contributed by atoms with van der Waals surface area (Å²) < 4.78 is 7.51. The molecule has 2 aromatic rings. The van der Waals surface area contributed by atoms with Crippen LogP contribution >= 0.6 is 0 Å². The number of hydrogen-bond acceptors (Lipinski definition) is 1. The summed E-state index contributed by atoms with van der Waals surface area (Å²) in [5.74, 6) is 0. The van der Waals surface area contributed by atoms with Crippen molar-refractivity contribution in [3.8, 4) is 0 Å². The second kappa shape index (κ2) is 6.66. The lowest BCUT2D eigenvalue weighted by atomic mass is 9.68. The Bertz CT molecular complexity index is 669. The first-order valence-electron chi connectivity index (χ1n) is 9.66. The lowest BCUT2D eigenvalue weighted by Gasteiger charge is -2.39. The Balaban J connectivity index is 1.87. The molecule has 2 saturated heterocycles. The first kappa shape index (κ1) is 16.9. The molecule has 0 aliphatic carbocycles. The lowest BCUT2D eigenvalue weighted by Crippen LogP contribution is -2.56. The van der Waals surface area contributed by atoms with E-state index in [-0.39, 0.29) is 13.1 Å². The molecule has 0 N–H and O–H groups in total. The molecule has 2 nitrogen and oxygen atoms in total. The van der Waals surface area contributed by atoms with Gasteiger partial charge in [-0.25, -0.2) is 0 Å². The number of rotatable bonds is 5. The predicted molar refractivity (Wildman–Crippen MR) is 104 cm³/mol. The minimum Gasteiger partial charge on any atom is -0.437 e. The second-order valence-electron chi connectivity index (χ2n) is 7.56. The Hall–Kier alpha value is -1.51. The van der Waals surface area contributed by atoms with Crippen LogP contribution in [0, 0.1) is 0 Å². The fourth-order valence-corrected chi connectivity index (χ4v) is 4.97. The van der Waals surface area contributed by atoms with Crippen molar-refractivity contribution in [1.29, 1.82) is 0 Å². The van der Waals surface area contributed by atoms with Gasteiger partial charge in [0.1, 0.15) is 0 Å². The number of fused-ring (bicyclic) bond motifs is 1. The second-order valence-corrected chi connectivity index (χ2v) is 7.56. The van der Waals surface area contributed by atoms with Crippen LogP contribution in [0.1, 0.15) is 43.7 Å². The zero-order chi connectivity index (χ0) is 17.3. The van der Waals surface area contributed by atoms with E-state index in [1.807, 2.05) is 0 Å². The molecule has 25 heavy (non-hydrogen) atoms. The van der Waals surface area contributed by atoms with Gasteiger partial charge in [0.2, 0.25) is 0 Å². The molecule has 0 spiro atoms. The SMILES string of the molecule is [B][N@@+]12CCC[C@@H]1C(c1ccccc1)(c1ccccc1)OB2CCCC. The van der Waals surface area contributed by atoms with E-state index in [4.69, 9.17) is 12.6 Å². The van der Waals surface area contributed by atoms with E-state index < -0.39 is 5.60 Å². The number of nitrogens with zero attached hydrogens (tertiary/aromatic N) is 1. The van der Waals surface area contributed by atoms with Gasteiger partial charge in [0, 0.05) is 19.3 Å². The van der Waals surface area contributed by atoms with Gasteiger partial charge in [-0.2, -0.15) is 0 Å². The molecule has 0 amide bonds. The van der Waals surface area contributed by atoms with Crippen molar-refractivity contribution in [3.63, 3.8) is 0 Å². The van der Waals surface area contributed by atoms with Gasteiger partial charge < -0.3 is 8.96 Å². The van der Waals surface area contributed by atoms with Crippen molar-refractivity contribution < 1.29 is 8.96 Å². The number of benzene rings is 2. The molecule has 0 unspecified atom stereocenters. The molecule has 4 rings (SSSR count).